The van der Waals surface area contributed by atoms with Crippen molar-refractivity contribution in [1.82, 2.24) is 9.97 Å². The summed E-state index contributed by atoms with van der Waals surface area (Å²) in [5.74, 6) is 0.296. The van der Waals surface area contributed by atoms with E-state index in [4.69, 9.17) is 10.5 Å². The molecule has 0 aromatic carbocycles. The second-order valence-corrected chi connectivity index (χ2v) is 5.19. The van der Waals surface area contributed by atoms with Crippen LogP contribution >= 0.6 is 0 Å². The highest BCUT2D eigenvalue weighted by Gasteiger charge is 2.31. The van der Waals surface area contributed by atoms with Crippen molar-refractivity contribution >= 4 is 23.3 Å². The third-order valence-corrected chi connectivity index (χ3v) is 3.20. The number of anilines is 3. The average molecular weight is 308 g/mol. The van der Waals surface area contributed by atoms with Gasteiger partial charge in [-0.15, -0.1) is 6.58 Å². The third-order valence-electron chi connectivity index (χ3n) is 3.20. The summed E-state index contributed by atoms with van der Waals surface area (Å²) in [6, 6.07) is 0. The van der Waals surface area contributed by atoms with Gasteiger partial charge < -0.3 is 20.7 Å². The zero-order chi connectivity index (χ0) is 16.3. The summed E-state index contributed by atoms with van der Waals surface area (Å²) in [7, 11) is 0. The Balaban J connectivity index is 2.43. The molecular weight excluding hydrogens is 288 g/mol. The van der Waals surface area contributed by atoms with Crippen LogP contribution in [0.1, 0.15) is 13.8 Å². The van der Waals surface area contributed by atoms with Gasteiger partial charge in [0, 0.05) is 19.6 Å². The van der Waals surface area contributed by atoms with Crippen LogP contribution in [0.5, 0.6) is 0 Å². The van der Waals surface area contributed by atoms with Crippen molar-refractivity contribution in [2.75, 3.05) is 35.6 Å². The minimum absolute atomic E-state index is 0.0517. The minimum Gasteiger partial charge on any atom is -0.378 e. The fraction of sp³-hybridized carbons (Fsp3) is 0.538. The van der Waals surface area contributed by atoms with Gasteiger partial charge in [-0.05, 0) is 13.8 Å². The van der Waals surface area contributed by atoms with Gasteiger partial charge in [-0.1, -0.05) is 6.08 Å². The fourth-order valence-corrected chi connectivity index (χ4v) is 2.45. The van der Waals surface area contributed by atoms with E-state index < -0.39 is 4.92 Å². The number of nitro groups is 1. The van der Waals surface area contributed by atoms with Gasteiger partial charge in [0.2, 0.25) is 17.6 Å². The first kappa shape index (κ1) is 16.0. The number of nitrogens with one attached hydrogen (secondary N) is 1. The molecule has 1 saturated heterocycles. The van der Waals surface area contributed by atoms with Crippen LogP contribution in [0.2, 0.25) is 0 Å². The van der Waals surface area contributed by atoms with E-state index in [2.05, 4.69) is 21.9 Å². The van der Waals surface area contributed by atoms with E-state index in [9.17, 15) is 10.1 Å². The van der Waals surface area contributed by atoms with Gasteiger partial charge in [-0.3, -0.25) is 10.1 Å². The van der Waals surface area contributed by atoms with Gasteiger partial charge in [-0.25, -0.2) is 0 Å². The first-order valence-corrected chi connectivity index (χ1v) is 6.99. The van der Waals surface area contributed by atoms with Crippen molar-refractivity contribution < 1.29 is 9.66 Å². The van der Waals surface area contributed by atoms with E-state index in [0.29, 0.717) is 19.6 Å². The van der Waals surface area contributed by atoms with Crippen molar-refractivity contribution in [3.05, 3.63) is 22.8 Å². The molecule has 1 fully saturated rings. The summed E-state index contributed by atoms with van der Waals surface area (Å²) in [6.07, 6.45) is 1.53. The first-order valence-electron chi connectivity index (χ1n) is 6.99. The molecule has 1 aromatic heterocycles. The zero-order valence-electron chi connectivity index (χ0n) is 12.7. The summed E-state index contributed by atoms with van der Waals surface area (Å²) in [4.78, 5) is 20.8. The monoisotopic (exact) mass is 308 g/mol. The van der Waals surface area contributed by atoms with E-state index in [1.165, 1.54) is 0 Å². The molecule has 2 atom stereocenters. The van der Waals surface area contributed by atoms with Crippen LogP contribution < -0.4 is 16.0 Å². The zero-order valence-corrected chi connectivity index (χ0v) is 12.7. The molecule has 9 nitrogen and oxygen atoms in total. The van der Waals surface area contributed by atoms with Crippen LogP contribution in [0.25, 0.3) is 0 Å². The Morgan fingerprint density at radius 2 is 2.14 bits per heavy atom. The molecule has 0 unspecified atom stereocenters. The second kappa shape index (κ2) is 6.56. The van der Waals surface area contributed by atoms with Gasteiger partial charge in [0.25, 0.3) is 0 Å². The number of ether oxygens (including phenoxy) is 1. The molecule has 3 N–H and O–H groups in total. The Bertz CT molecular complexity index is 569. The van der Waals surface area contributed by atoms with E-state index in [0.717, 1.165) is 0 Å². The van der Waals surface area contributed by atoms with E-state index in [1.807, 2.05) is 18.7 Å². The Labute approximate surface area is 128 Å². The molecule has 2 heterocycles. The lowest BCUT2D eigenvalue weighted by atomic mass is 10.2. The molecule has 0 amide bonds. The van der Waals surface area contributed by atoms with Crippen LogP contribution in [0.15, 0.2) is 12.7 Å². The minimum atomic E-state index is -0.549. The third kappa shape index (κ3) is 3.42. The van der Waals surface area contributed by atoms with E-state index in [-0.39, 0.29) is 35.5 Å². The van der Waals surface area contributed by atoms with Crippen molar-refractivity contribution in [2.45, 2.75) is 26.1 Å². The maximum absolute atomic E-state index is 11.3. The van der Waals surface area contributed by atoms with Gasteiger partial charge in [0.05, 0.1) is 17.1 Å². The topological polar surface area (TPSA) is 119 Å². The Morgan fingerprint density at radius 1 is 1.50 bits per heavy atom. The van der Waals surface area contributed by atoms with Crippen LogP contribution in [0.3, 0.4) is 0 Å². The van der Waals surface area contributed by atoms with Crippen LogP contribution in [-0.2, 0) is 4.74 Å². The lowest BCUT2D eigenvalue weighted by Gasteiger charge is -2.35. The predicted octanol–water partition coefficient (Wildman–Crippen LogP) is 1.18. The second-order valence-electron chi connectivity index (χ2n) is 5.19. The molecule has 0 radical (unpaired) electrons. The number of nitrogen functional groups attached to an aromatic ring is 1. The van der Waals surface area contributed by atoms with Crippen molar-refractivity contribution in [2.24, 2.45) is 0 Å². The number of aromatic nitrogens is 2. The number of nitrogens with two attached hydrogens (primary N) is 1. The number of nitrogens with zero attached hydrogens (tertiary/aromatic N) is 4. The highest BCUT2D eigenvalue weighted by molar-refractivity contribution is 5.71. The summed E-state index contributed by atoms with van der Waals surface area (Å²) in [5, 5.41) is 14.2. The van der Waals surface area contributed by atoms with Crippen LogP contribution in [-0.4, -0.2) is 46.7 Å². The quantitative estimate of drug-likeness (QED) is 0.472. The molecule has 0 bridgehead atoms. The maximum Gasteiger partial charge on any atom is 0.353 e. The molecule has 0 spiro atoms. The lowest BCUT2D eigenvalue weighted by Crippen LogP contribution is -2.46. The molecule has 0 aliphatic carbocycles. The summed E-state index contributed by atoms with van der Waals surface area (Å²) < 4.78 is 5.65. The molecule has 1 aliphatic heterocycles. The number of hydrogen-bond acceptors (Lipinski definition) is 8. The number of rotatable bonds is 5. The van der Waals surface area contributed by atoms with Gasteiger partial charge >= 0.3 is 5.69 Å². The normalized spacial score (nSPS) is 21.5. The number of hydrogen-bond donors (Lipinski definition) is 2. The van der Waals surface area contributed by atoms with Gasteiger partial charge in [0.1, 0.15) is 0 Å². The Hall–Kier alpha value is -2.42. The fourth-order valence-electron chi connectivity index (χ4n) is 2.45. The largest absolute Gasteiger partial charge is 0.378 e. The molecule has 0 saturated carbocycles. The summed E-state index contributed by atoms with van der Waals surface area (Å²) in [6.45, 7) is 8.86. The van der Waals surface area contributed by atoms with Crippen LogP contribution in [0, 0.1) is 10.1 Å². The van der Waals surface area contributed by atoms with Crippen molar-refractivity contribution in [3.8, 4) is 0 Å². The highest BCUT2D eigenvalue weighted by Crippen LogP contribution is 2.33. The van der Waals surface area contributed by atoms with Crippen LogP contribution in [0.4, 0.5) is 23.3 Å². The van der Waals surface area contributed by atoms with E-state index in [1.54, 1.807) is 6.08 Å². The SMILES string of the molecule is C=CCNc1nc(N)c([N+](=O)[O-])c(N2C[C@@H](C)O[C@@H](C)C2)n1. The molecule has 22 heavy (non-hydrogen) atoms. The number of morpholine rings is 1. The Kier molecular flexibility index (Phi) is 4.76. The van der Waals surface area contributed by atoms with Crippen molar-refractivity contribution in [1.29, 1.82) is 0 Å². The predicted molar refractivity (Wildman–Crippen MR) is 84.0 cm³/mol. The summed E-state index contributed by atoms with van der Waals surface area (Å²) >= 11 is 0. The van der Waals surface area contributed by atoms with Gasteiger partial charge in [0.15, 0.2) is 0 Å². The lowest BCUT2D eigenvalue weighted by molar-refractivity contribution is -0.383. The molecule has 1 aromatic rings. The molecule has 9 heteroatoms. The van der Waals surface area contributed by atoms with E-state index >= 15 is 0 Å². The first-order chi connectivity index (χ1) is 10.4. The standard InChI is InChI=1S/C13H20N6O3/c1-4-5-15-13-16-11(14)10(19(20)21)12(17-13)18-6-8(2)22-9(3)7-18/h4,8-9H,1,5-7H2,2-3H3,(H3,14,15,16,17)/t8-,9+. The Morgan fingerprint density at radius 3 is 2.68 bits per heavy atom. The van der Waals surface area contributed by atoms with Gasteiger partial charge in [-0.2, -0.15) is 9.97 Å². The molecule has 2 rings (SSSR count). The molecular formula is C13H20N6O3. The average Bonchev–Trinajstić information content (AvgIpc) is 2.42. The smallest absolute Gasteiger partial charge is 0.353 e. The van der Waals surface area contributed by atoms with Crippen molar-refractivity contribution in [3.63, 3.8) is 0 Å². The molecule has 120 valence electrons. The maximum atomic E-state index is 11.3. The highest BCUT2D eigenvalue weighted by atomic mass is 16.6. The molecule has 1 aliphatic rings. The summed E-state index contributed by atoms with van der Waals surface area (Å²) in [5.41, 5.74) is 5.48.